The highest BCUT2D eigenvalue weighted by Gasteiger charge is 2.37. The fraction of sp³-hybridized carbons (Fsp3) is 0.769. The van der Waals surface area contributed by atoms with Gasteiger partial charge in [0.05, 0.1) is 0 Å². The van der Waals surface area contributed by atoms with Gasteiger partial charge < -0.3 is 10.3 Å². The molecule has 0 amide bonds. The maximum Gasteiger partial charge on any atom is 0.248 e. The molecule has 1 aromatic heterocycles. The largest absolute Gasteiger partial charge is 0.381 e. The van der Waals surface area contributed by atoms with Crippen molar-refractivity contribution in [3.8, 4) is 0 Å². The van der Waals surface area contributed by atoms with E-state index in [0.29, 0.717) is 24.6 Å². The number of rotatable bonds is 3. The molecule has 1 saturated carbocycles. The summed E-state index contributed by atoms with van der Waals surface area (Å²) in [7, 11) is 0. The van der Waals surface area contributed by atoms with E-state index >= 15 is 0 Å². The Morgan fingerprint density at radius 3 is 2.56 bits per heavy atom. The van der Waals surface area contributed by atoms with Gasteiger partial charge >= 0.3 is 0 Å². The average Bonchev–Trinajstić information content (AvgIpc) is 2.60. The van der Waals surface area contributed by atoms with E-state index in [9.17, 15) is 8.78 Å². The van der Waals surface area contributed by atoms with E-state index in [1.165, 1.54) is 0 Å². The zero-order valence-corrected chi connectivity index (χ0v) is 10.9. The van der Waals surface area contributed by atoms with Gasteiger partial charge in [0.1, 0.15) is 5.76 Å². The van der Waals surface area contributed by atoms with Crippen molar-refractivity contribution >= 4 is 5.82 Å². The van der Waals surface area contributed by atoms with Crippen LogP contribution in [0.3, 0.4) is 0 Å². The van der Waals surface area contributed by atoms with Crippen LogP contribution in [-0.2, 0) is 6.42 Å². The van der Waals surface area contributed by atoms with Crippen molar-refractivity contribution in [2.24, 2.45) is 5.92 Å². The fourth-order valence-electron chi connectivity index (χ4n) is 2.57. The van der Waals surface area contributed by atoms with Crippen LogP contribution in [0.1, 0.15) is 56.8 Å². The third kappa shape index (κ3) is 2.82. The van der Waals surface area contributed by atoms with Gasteiger partial charge in [-0.15, -0.1) is 0 Å². The summed E-state index contributed by atoms with van der Waals surface area (Å²) in [6, 6.07) is 0. The van der Waals surface area contributed by atoms with Crippen molar-refractivity contribution in [3.05, 3.63) is 11.3 Å². The molecule has 0 spiro atoms. The van der Waals surface area contributed by atoms with Gasteiger partial charge in [0.25, 0.3) is 0 Å². The van der Waals surface area contributed by atoms with Crippen molar-refractivity contribution < 1.29 is 13.3 Å². The summed E-state index contributed by atoms with van der Waals surface area (Å²) >= 11 is 0. The summed E-state index contributed by atoms with van der Waals surface area (Å²) in [5.74, 6) is -0.883. The van der Waals surface area contributed by atoms with Gasteiger partial charge in [-0.1, -0.05) is 19.0 Å². The highest BCUT2D eigenvalue weighted by molar-refractivity contribution is 5.42. The lowest BCUT2D eigenvalue weighted by molar-refractivity contribution is -0.0399. The van der Waals surface area contributed by atoms with Crippen LogP contribution in [0.15, 0.2) is 4.52 Å². The normalized spacial score (nSPS) is 20.5. The third-order valence-corrected chi connectivity index (χ3v) is 3.55. The van der Waals surface area contributed by atoms with E-state index in [-0.39, 0.29) is 18.8 Å². The second-order valence-electron chi connectivity index (χ2n) is 5.64. The molecule has 5 heteroatoms. The quantitative estimate of drug-likeness (QED) is 0.898. The number of aromatic nitrogens is 1. The van der Waals surface area contributed by atoms with Gasteiger partial charge in [-0.25, -0.2) is 8.78 Å². The van der Waals surface area contributed by atoms with Gasteiger partial charge in [0.15, 0.2) is 5.82 Å². The molecular formula is C13H20F2N2O. The molecule has 0 saturated heterocycles. The summed E-state index contributed by atoms with van der Waals surface area (Å²) < 4.78 is 31.6. The predicted octanol–water partition coefficient (Wildman–Crippen LogP) is 3.75. The summed E-state index contributed by atoms with van der Waals surface area (Å²) in [4.78, 5) is 0. The molecule has 0 bridgehead atoms. The minimum atomic E-state index is -2.51. The highest BCUT2D eigenvalue weighted by Crippen LogP contribution is 2.42. The van der Waals surface area contributed by atoms with Crippen LogP contribution in [0.5, 0.6) is 0 Å². The molecule has 0 unspecified atom stereocenters. The first kappa shape index (κ1) is 13.3. The fourth-order valence-corrected chi connectivity index (χ4v) is 2.57. The van der Waals surface area contributed by atoms with Crippen LogP contribution in [-0.4, -0.2) is 11.1 Å². The van der Waals surface area contributed by atoms with Gasteiger partial charge in [-0.3, -0.25) is 0 Å². The first-order valence-electron chi connectivity index (χ1n) is 6.51. The lowest BCUT2D eigenvalue weighted by Gasteiger charge is -2.27. The Bertz CT molecular complexity index is 405. The lowest BCUT2D eigenvalue weighted by atomic mass is 9.83. The van der Waals surface area contributed by atoms with Gasteiger partial charge in [0.2, 0.25) is 5.92 Å². The van der Waals surface area contributed by atoms with E-state index < -0.39 is 5.92 Å². The molecule has 0 radical (unpaired) electrons. The highest BCUT2D eigenvalue weighted by atomic mass is 19.3. The molecule has 0 atom stereocenters. The summed E-state index contributed by atoms with van der Waals surface area (Å²) in [6.07, 6.45) is 1.55. The van der Waals surface area contributed by atoms with Gasteiger partial charge in [-0.2, -0.15) is 0 Å². The SMILES string of the molecule is CC(C)Cc1c(N)noc1C1CCC(F)(F)CC1. The van der Waals surface area contributed by atoms with Crippen molar-refractivity contribution in [3.63, 3.8) is 0 Å². The number of anilines is 1. The smallest absolute Gasteiger partial charge is 0.248 e. The zero-order valence-electron chi connectivity index (χ0n) is 10.9. The Labute approximate surface area is 106 Å². The van der Waals surface area contributed by atoms with Crippen molar-refractivity contribution in [2.45, 2.75) is 57.8 Å². The van der Waals surface area contributed by atoms with Crippen molar-refractivity contribution in [2.75, 3.05) is 5.73 Å². The van der Waals surface area contributed by atoms with E-state index in [1.807, 2.05) is 0 Å². The van der Waals surface area contributed by atoms with Gasteiger partial charge in [-0.05, 0) is 25.2 Å². The summed E-state index contributed by atoms with van der Waals surface area (Å²) in [5, 5.41) is 3.80. The molecule has 1 aliphatic rings. The number of halogens is 2. The van der Waals surface area contributed by atoms with E-state index in [0.717, 1.165) is 17.7 Å². The molecule has 1 aliphatic carbocycles. The molecule has 2 rings (SSSR count). The number of hydrogen-bond acceptors (Lipinski definition) is 3. The van der Waals surface area contributed by atoms with Gasteiger partial charge in [0, 0.05) is 24.3 Å². The topological polar surface area (TPSA) is 52.0 Å². The minimum absolute atomic E-state index is 0.0446. The molecule has 3 nitrogen and oxygen atoms in total. The summed E-state index contributed by atoms with van der Waals surface area (Å²) in [5.41, 5.74) is 6.71. The maximum absolute atomic E-state index is 13.1. The predicted molar refractivity (Wildman–Crippen MR) is 65.6 cm³/mol. The van der Waals surface area contributed by atoms with Crippen LogP contribution in [0, 0.1) is 5.92 Å². The molecule has 1 aromatic rings. The van der Waals surface area contributed by atoms with Crippen molar-refractivity contribution in [1.29, 1.82) is 0 Å². The first-order chi connectivity index (χ1) is 8.39. The monoisotopic (exact) mass is 258 g/mol. The molecule has 0 aromatic carbocycles. The first-order valence-corrected chi connectivity index (χ1v) is 6.51. The average molecular weight is 258 g/mol. The third-order valence-electron chi connectivity index (χ3n) is 3.55. The van der Waals surface area contributed by atoms with Crippen LogP contribution in [0.25, 0.3) is 0 Å². The molecule has 18 heavy (non-hydrogen) atoms. The van der Waals surface area contributed by atoms with E-state index in [2.05, 4.69) is 19.0 Å². The Balaban J connectivity index is 2.14. The standard InChI is InChI=1S/C13H20F2N2O/c1-8(2)7-10-11(18-17-12(10)16)9-3-5-13(14,15)6-4-9/h8-9H,3-7H2,1-2H3,(H2,16,17). The molecule has 1 fully saturated rings. The van der Waals surface area contributed by atoms with E-state index in [4.69, 9.17) is 10.3 Å². The molecule has 1 heterocycles. The number of alkyl halides is 2. The minimum Gasteiger partial charge on any atom is -0.381 e. The molecule has 102 valence electrons. The van der Waals surface area contributed by atoms with Crippen molar-refractivity contribution in [1.82, 2.24) is 5.16 Å². The Kier molecular flexibility index (Phi) is 3.59. The second kappa shape index (κ2) is 4.86. The Morgan fingerprint density at radius 2 is 2.00 bits per heavy atom. The number of nitrogen functional groups attached to an aromatic ring is 1. The van der Waals surface area contributed by atoms with Crippen LogP contribution in [0.4, 0.5) is 14.6 Å². The Morgan fingerprint density at radius 1 is 1.39 bits per heavy atom. The van der Waals surface area contributed by atoms with Crippen LogP contribution >= 0.6 is 0 Å². The second-order valence-corrected chi connectivity index (χ2v) is 5.64. The van der Waals surface area contributed by atoms with Crippen LogP contribution in [0.2, 0.25) is 0 Å². The van der Waals surface area contributed by atoms with Crippen LogP contribution < -0.4 is 5.73 Å². The summed E-state index contributed by atoms with van der Waals surface area (Å²) in [6.45, 7) is 4.18. The number of nitrogens with zero attached hydrogens (tertiary/aromatic N) is 1. The number of hydrogen-bond donors (Lipinski definition) is 1. The lowest BCUT2D eigenvalue weighted by Crippen LogP contribution is -2.24. The molecular weight excluding hydrogens is 238 g/mol. The maximum atomic E-state index is 13.1. The Hall–Kier alpha value is -1.13. The number of nitrogens with two attached hydrogens (primary N) is 1. The zero-order chi connectivity index (χ0) is 13.3. The molecule has 2 N–H and O–H groups in total. The van der Waals surface area contributed by atoms with E-state index in [1.54, 1.807) is 0 Å². The molecule has 0 aliphatic heterocycles.